The predicted molar refractivity (Wildman–Crippen MR) is 66.9 cm³/mol. The summed E-state index contributed by atoms with van der Waals surface area (Å²) in [6.45, 7) is 0. The molecule has 0 saturated carbocycles. The van der Waals surface area contributed by atoms with Crippen LogP contribution in [0.2, 0.25) is 0 Å². The van der Waals surface area contributed by atoms with Crippen LogP contribution in [0.25, 0.3) is 0 Å². The van der Waals surface area contributed by atoms with Crippen LogP contribution in [0.5, 0.6) is 0 Å². The summed E-state index contributed by atoms with van der Waals surface area (Å²) in [5.74, 6) is 6.48. The fourth-order valence-electron chi connectivity index (χ4n) is 1.20. The van der Waals surface area contributed by atoms with E-state index in [1.54, 1.807) is 0 Å². The van der Waals surface area contributed by atoms with Gasteiger partial charge in [0.1, 0.15) is 0 Å². The molecule has 0 saturated heterocycles. The Bertz CT molecular complexity index is 491. The van der Waals surface area contributed by atoms with E-state index in [9.17, 15) is 0 Å². The van der Waals surface area contributed by atoms with Crippen molar-refractivity contribution in [3.63, 3.8) is 0 Å². The molecule has 0 aliphatic carbocycles. The number of rotatable bonds is 1. The van der Waals surface area contributed by atoms with Crippen molar-refractivity contribution in [2.75, 3.05) is 0 Å². The van der Waals surface area contributed by atoms with Crippen LogP contribution in [-0.2, 0) is 0 Å². The zero-order chi connectivity index (χ0) is 10.5. The van der Waals surface area contributed by atoms with Crippen molar-refractivity contribution >= 4 is 47.5 Å². The molecular formula is C12H7LiSe2. The third-order valence-corrected chi connectivity index (χ3v) is 5.91. The molecule has 1 aromatic carbocycles. The van der Waals surface area contributed by atoms with Gasteiger partial charge in [-0.25, -0.2) is 0 Å². The second-order valence-electron chi connectivity index (χ2n) is 2.97. The number of hydrogen-bond acceptors (Lipinski definition) is 0. The van der Waals surface area contributed by atoms with Gasteiger partial charge in [-0.15, -0.1) is 0 Å². The van der Waals surface area contributed by atoms with Crippen LogP contribution in [0.1, 0.15) is 11.1 Å². The topological polar surface area (TPSA) is 0 Å². The Morgan fingerprint density at radius 3 is 2.60 bits per heavy atom. The van der Waals surface area contributed by atoms with E-state index in [0.717, 1.165) is 5.56 Å². The molecule has 15 heavy (non-hydrogen) atoms. The first-order valence-corrected chi connectivity index (χ1v) is 9.12. The Labute approximate surface area is 110 Å². The first-order chi connectivity index (χ1) is 7.40. The monoisotopic (exact) mass is 318 g/mol. The van der Waals surface area contributed by atoms with Gasteiger partial charge < -0.3 is 0 Å². The Kier molecular flexibility index (Phi) is 4.43. The first kappa shape index (κ1) is 11.4. The Hall–Kier alpha value is -0.104. The van der Waals surface area contributed by atoms with E-state index in [-0.39, 0.29) is 0 Å². The zero-order valence-corrected chi connectivity index (χ0v) is 11.8. The van der Waals surface area contributed by atoms with Crippen LogP contribution in [0, 0.1) is 11.8 Å². The van der Waals surface area contributed by atoms with E-state index < -0.39 is 0 Å². The van der Waals surface area contributed by atoms with Gasteiger partial charge in [-0.3, -0.25) is 0 Å². The van der Waals surface area contributed by atoms with Gasteiger partial charge >= 0.3 is 111 Å². The molecule has 0 aliphatic rings. The summed E-state index contributed by atoms with van der Waals surface area (Å²) in [7, 11) is 0. The van der Waals surface area contributed by atoms with E-state index in [4.69, 9.17) is 0 Å². The third-order valence-electron chi connectivity index (χ3n) is 1.96. The molecule has 0 bridgehead atoms. The van der Waals surface area contributed by atoms with Gasteiger partial charge in [-0.05, 0) is 0 Å². The summed E-state index contributed by atoms with van der Waals surface area (Å²) in [6.07, 6.45) is 0. The molecule has 3 heteroatoms. The summed E-state index contributed by atoms with van der Waals surface area (Å²) < 4.78 is 1.48. The van der Waals surface area contributed by atoms with Crippen LogP contribution < -0.4 is 4.46 Å². The molecule has 1 aromatic heterocycles. The van der Waals surface area contributed by atoms with Crippen LogP contribution in [0.3, 0.4) is 0 Å². The molecule has 0 atom stereocenters. The molecule has 0 radical (unpaired) electrons. The second-order valence-corrected chi connectivity index (χ2v) is 6.31. The molecule has 68 valence electrons. The van der Waals surface area contributed by atoms with E-state index in [0.29, 0.717) is 27.3 Å². The predicted octanol–water partition coefficient (Wildman–Crippen LogP) is 0.556. The van der Waals surface area contributed by atoms with Crippen molar-refractivity contribution in [3.05, 3.63) is 51.3 Å². The normalized spacial score (nSPS) is 9.47. The summed E-state index contributed by atoms with van der Waals surface area (Å²) in [5.41, 5.74) is 2.36. The fraction of sp³-hybridized carbons (Fsp3) is 0. The zero-order valence-electron chi connectivity index (χ0n) is 8.36. The van der Waals surface area contributed by atoms with Crippen molar-refractivity contribution in [3.8, 4) is 11.8 Å². The SMILES string of the molecule is [Li][Se]c1c[se]cc1C#Cc1ccccc1. The van der Waals surface area contributed by atoms with E-state index >= 15 is 0 Å². The average Bonchev–Trinajstić information content (AvgIpc) is 2.75. The molecule has 2 rings (SSSR count). The van der Waals surface area contributed by atoms with Crippen LogP contribution >= 0.6 is 0 Å². The molecule has 0 spiro atoms. The third kappa shape index (κ3) is 3.17. The quantitative estimate of drug-likeness (QED) is 0.533. The van der Waals surface area contributed by atoms with Gasteiger partial charge in [0, 0.05) is 0 Å². The van der Waals surface area contributed by atoms with Crippen molar-refractivity contribution in [1.29, 1.82) is 0 Å². The van der Waals surface area contributed by atoms with Crippen molar-refractivity contribution < 1.29 is 0 Å². The van der Waals surface area contributed by atoms with Gasteiger partial charge in [0.25, 0.3) is 0 Å². The molecule has 0 N–H and O–H groups in total. The standard InChI is InChI=1S/C12H8Se2.Li/c13-12-9-14-8-11(12)7-6-10-4-2-1-3-5-10;/h1-5,8-9,13H;/q;+1/p-1. The first-order valence-electron chi connectivity index (χ1n) is 4.57. The maximum absolute atomic E-state index is 3.27. The van der Waals surface area contributed by atoms with Crippen molar-refractivity contribution in [2.24, 2.45) is 0 Å². The van der Waals surface area contributed by atoms with E-state index in [1.165, 1.54) is 10.0 Å². The van der Waals surface area contributed by atoms with Gasteiger partial charge in [0.05, 0.1) is 0 Å². The van der Waals surface area contributed by atoms with Crippen molar-refractivity contribution in [2.45, 2.75) is 0 Å². The Morgan fingerprint density at radius 2 is 1.87 bits per heavy atom. The summed E-state index contributed by atoms with van der Waals surface area (Å²) >= 11 is 3.38. The molecular weight excluding hydrogens is 309 g/mol. The maximum atomic E-state index is 3.27. The van der Waals surface area contributed by atoms with Gasteiger partial charge in [0.15, 0.2) is 0 Å². The molecule has 0 aliphatic heterocycles. The fourth-order valence-corrected chi connectivity index (χ4v) is 5.47. The summed E-state index contributed by atoms with van der Waals surface area (Å²) in [6, 6.07) is 10.2. The van der Waals surface area contributed by atoms with Crippen LogP contribution in [-0.4, -0.2) is 43.0 Å². The van der Waals surface area contributed by atoms with Gasteiger partial charge in [-0.2, -0.15) is 0 Å². The average molecular weight is 316 g/mol. The Balaban J connectivity index is 2.26. The molecule has 0 unspecified atom stereocenters. The summed E-state index contributed by atoms with van der Waals surface area (Å²) in [4.78, 5) is 4.63. The van der Waals surface area contributed by atoms with Gasteiger partial charge in [0.2, 0.25) is 0 Å². The van der Waals surface area contributed by atoms with Crippen LogP contribution in [0.15, 0.2) is 40.2 Å². The molecule has 2 aromatic rings. The van der Waals surface area contributed by atoms with E-state index in [1.807, 2.05) is 30.3 Å². The molecule has 0 nitrogen and oxygen atoms in total. The van der Waals surface area contributed by atoms with E-state index in [2.05, 4.69) is 37.5 Å². The molecule has 1 heterocycles. The second kappa shape index (κ2) is 5.84. The summed E-state index contributed by atoms with van der Waals surface area (Å²) in [5, 5.41) is 0. The Morgan fingerprint density at radius 1 is 1.07 bits per heavy atom. The molecule has 0 fully saturated rings. The van der Waals surface area contributed by atoms with Gasteiger partial charge in [-0.1, -0.05) is 0 Å². The minimum atomic E-state index is 0.549. The number of hydrogen-bond donors (Lipinski definition) is 0. The minimum absolute atomic E-state index is 0.549. The number of benzene rings is 1. The van der Waals surface area contributed by atoms with Crippen molar-refractivity contribution in [1.82, 2.24) is 0 Å². The molecule has 0 amide bonds. The van der Waals surface area contributed by atoms with Crippen LogP contribution in [0.4, 0.5) is 0 Å².